The lowest BCUT2D eigenvalue weighted by Gasteiger charge is -2.14. The maximum absolute atomic E-state index is 13.9. The van der Waals surface area contributed by atoms with Crippen LogP contribution >= 0.6 is 11.3 Å². The van der Waals surface area contributed by atoms with E-state index >= 15 is 0 Å². The molecule has 6 nitrogen and oxygen atoms in total. The third kappa shape index (κ3) is 4.30. The Morgan fingerprint density at radius 1 is 0.919 bits per heavy atom. The molecule has 0 atom stereocenters. The van der Waals surface area contributed by atoms with E-state index in [0.717, 1.165) is 37.7 Å². The molecular formula is C30H21N3O3S. The first-order valence-electron chi connectivity index (χ1n) is 11.7. The lowest BCUT2D eigenvalue weighted by molar-refractivity contribution is 0.0984. The van der Waals surface area contributed by atoms with Crippen LogP contribution in [0.25, 0.3) is 32.0 Å². The van der Waals surface area contributed by atoms with E-state index in [9.17, 15) is 9.59 Å². The summed E-state index contributed by atoms with van der Waals surface area (Å²) in [5, 5.41) is 8.61. The van der Waals surface area contributed by atoms with Gasteiger partial charge in [0, 0.05) is 5.39 Å². The molecule has 0 fully saturated rings. The summed E-state index contributed by atoms with van der Waals surface area (Å²) in [6.07, 6.45) is 1.59. The Balaban J connectivity index is 1.50. The Morgan fingerprint density at radius 3 is 2.54 bits per heavy atom. The predicted molar refractivity (Wildman–Crippen MR) is 150 cm³/mol. The molecule has 0 aliphatic heterocycles. The molecule has 37 heavy (non-hydrogen) atoms. The van der Waals surface area contributed by atoms with Crippen LogP contribution in [0.5, 0.6) is 0 Å². The zero-order valence-corrected chi connectivity index (χ0v) is 21.0. The van der Waals surface area contributed by atoms with Crippen LogP contribution < -0.4 is 10.6 Å². The van der Waals surface area contributed by atoms with Gasteiger partial charge in [-0.1, -0.05) is 77.6 Å². The number of aromatic nitrogens is 1. The van der Waals surface area contributed by atoms with Gasteiger partial charge in [-0.05, 0) is 60.0 Å². The minimum atomic E-state index is -0.722. The number of hydrogen-bond acceptors (Lipinski definition) is 6. The molecule has 7 heteroatoms. The molecule has 1 amide bonds. The molecule has 0 radical (unpaired) electrons. The van der Waals surface area contributed by atoms with Crippen LogP contribution in [-0.4, -0.2) is 17.1 Å². The van der Waals surface area contributed by atoms with Crippen molar-refractivity contribution in [3.05, 3.63) is 118 Å². The highest BCUT2D eigenvalue weighted by atomic mass is 32.1. The molecule has 0 unspecified atom stereocenters. The van der Waals surface area contributed by atoms with E-state index in [2.05, 4.69) is 10.1 Å². The maximum atomic E-state index is 13.9. The number of rotatable bonds is 4. The van der Waals surface area contributed by atoms with Gasteiger partial charge in [0.25, 0.3) is 5.91 Å². The zero-order chi connectivity index (χ0) is 25.5. The summed E-state index contributed by atoms with van der Waals surface area (Å²) in [5.74, 6) is -0.609. The summed E-state index contributed by atoms with van der Waals surface area (Å²) in [7, 11) is 0. The van der Waals surface area contributed by atoms with Crippen LogP contribution in [0.2, 0.25) is 0 Å². The highest BCUT2D eigenvalue weighted by molar-refractivity contribution is 7.22. The first kappa shape index (κ1) is 22.8. The number of thiazole rings is 1. The Hall–Kier alpha value is -4.62. The summed E-state index contributed by atoms with van der Waals surface area (Å²) in [6.45, 7) is 4.00. The zero-order valence-electron chi connectivity index (χ0n) is 20.1. The topological polar surface area (TPSA) is 75.8 Å². The van der Waals surface area contributed by atoms with Gasteiger partial charge in [0.15, 0.2) is 0 Å². The third-order valence-electron chi connectivity index (χ3n) is 6.18. The van der Waals surface area contributed by atoms with Crippen molar-refractivity contribution in [1.82, 2.24) is 4.98 Å². The van der Waals surface area contributed by atoms with E-state index in [1.807, 2.05) is 86.6 Å². The van der Waals surface area contributed by atoms with Crippen LogP contribution in [0.4, 0.5) is 5.13 Å². The second-order valence-corrected chi connectivity index (χ2v) is 9.89. The van der Waals surface area contributed by atoms with E-state index in [4.69, 9.17) is 4.42 Å². The lowest BCUT2D eigenvalue weighted by Crippen LogP contribution is -2.30. The van der Waals surface area contributed by atoms with Crippen LogP contribution in [0, 0.1) is 13.8 Å². The molecule has 4 aromatic carbocycles. The monoisotopic (exact) mass is 503 g/mol. The van der Waals surface area contributed by atoms with E-state index in [1.165, 1.54) is 16.3 Å². The van der Waals surface area contributed by atoms with Crippen LogP contribution in [0.1, 0.15) is 27.0 Å². The molecule has 6 aromatic rings. The van der Waals surface area contributed by atoms with Gasteiger partial charge in [0.1, 0.15) is 11.1 Å². The quantitative estimate of drug-likeness (QED) is 0.114. The van der Waals surface area contributed by atoms with Crippen molar-refractivity contribution in [2.45, 2.75) is 13.8 Å². The number of fused-ring (bicyclic) bond motifs is 4. The lowest BCUT2D eigenvalue weighted by atomic mass is 10.0. The smallest absolute Gasteiger partial charge is 0.349 e. The minimum absolute atomic E-state index is 0.111. The van der Waals surface area contributed by atoms with Crippen molar-refractivity contribution >= 4 is 60.5 Å². The Labute approximate surface area is 216 Å². The van der Waals surface area contributed by atoms with Crippen molar-refractivity contribution in [1.29, 1.82) is 0 Å². The second kappa shape index (κ2) is 9.11. The summed E-state index contributed by atoms with van der Waals surface area (Å²) in [5.41, 5.74) is 3.37. The number of hydrazone groups is 1. The molecule has 180 valence electrons. The molecule has 0 saturated heterocycles. The van der Waals surface area contributed by atoms with E-state index in [-0.39, 0.29) is 5.56 Å². The molecule has 0 bridgehead atoms. The van der Waals surface area contributed by atoms with Gasteiger partial charge >= 0.3 is 5.63 Å². The number of carbonyl (C=O) groups excluding carboxylic acids is 1. The maximum Gasteiger partial charge on any atom is 0.349 e. The summed E-state index contributed by atoms with van der Waals surface area (Å²) >= 11 is 1.34. The molecular weight excluding hydrogens is 482 g/mol. The fourth-order valence-corrected chi connectivity index (χ4v) is 5.23. The average molecular weight is 504 g/mol. The molecule has 2 heterocycles. The van der Waals surface area contributed by atoms with Gasteiger partial charge in [-0.25, -0.2) is 9.78 Å². The molecule has 0 N–H and O–H groups in total. The van der Waals surface area contributed by atoms with E-state index in [1.54, 1.807) is 18.3 Å². The fraction of sp³-hybridized carbons (Fsp3) is 0.0667. The standard InChI is InChI=1S/C30H21N3O3S/c1-18-7-10-20(11-8-18)17-31-33(30-32-25-13-9-19(2)15-27(25)37-30)28(34)24-16-23-22-6-4-3-5-21(22)12-14-26(23)36-29(24)35/h3-17H,1-2H3/b31-17+. The van der Waals surface area contributed by atoms with Gasteiger partial charge in [0.2, 0.25) is 5.13 Å². The van der Waals surface area contributed by atoms with Crippen LogP contribution in [0.15, 0.2) is 99.2 Å². The average Bonchev–Trinajstić information content (AvgIpc) is 3.32. The van der Waals surface area contributed by atoms with Crippen molar-refractivity contribution in [2.75, 3.05) is 5.01 Å². The molecule has 0 aliphatic carbocycles. The Kier molecular flexibility index (Phi) is 5.62. The number of nitrogens with zero attached hydrogens (tertiary/aromatic N) is 3. The molecule has 0 aliphatic rings. The highest BCUT2D eigenvalue weighted by Gasteiger charge is 2.25. The molecule has 0 spiro atoms. The van der Waals surface area contributed by atoms with Crippen LogP contribution in [-0.2, 0) is 0 Å². The highest BCUT2D eigenvalue weighted by Crippen LogP contribution is 2.31. The van der Waals surface area contributed by atoms with Gasteiger partial charge < -0.3 is 4.42 Å². The Morgan fingerprint density at radius 2 is 1.70 bits per heavy atom. The van der Waals surface area contributed by atoms with Crippen molar-refractivity contribution < 1.29 is 9.21 Å². The fourth-order valence-electron chi connectivity index (χ4n) is 4.21. The first-order valence-corrected chi connectivity index (χ1v) is 12.6. The third-order valence-corrected chi connectivity index (χ3v) is 7.17. The summed E-state index contributed by atoms with van der Waals surface area (Å²) in [6, 6.07) is 26.7. The minimum Gasteiger partial charge on any atom is -0.422 e. The van der Waals surface area contributed by atoms with Gasteiger partial charge in [-0.15, -0.1) is 0 Å². The predicted octanol–water partition coefficient (Wildman–Crippen LogP) is 6.85. The second-order valence-electron chi connectivity index (χ2n) is 8.89. The normalized spacial score (nSPS) is 11.6. The summed E-state index contributed by atoms with van der Waals surface area (Å²) < 4.78 is 6.51. The van der Waals surface area contributed by atoms with Gasteiger partial charge in [-0.2, -0.15) is 10.1 Å². The number of carbonyl (C=O) groups is 1. The largest absolute Gasteiger partial charge is 0.422 e. The molecule has 2 aromatic heterocycles. The molecule has 6 rings (SSSR count). The number of hydrogen-bond donors (Lipinski definition) is 0. The van der Waals surface area contributed by atoms with E-state index < -0.39 is 11.5 Å². The summed E-state index contributed by atoms with van der Waals surface area (Å²) in [4.78, 5) is 31.5. The van der Waals surface area contributed by atoms with Gasteiger partial charge in [-0.3, -0.25) is 4.79 Å². The van der Waals surface area contributed by atoms with Crippen LogP contribution in [0.3, 0.4) is 0 Å². The number of aryl methyl sites for hydroxylation is 2. The van der Waals surface area contributed by atoms with Crippen molar-refractivity contribution in [3.8, 4) is 0 Å². The Bertz CT molecular complexity index is 1900. The number of benzene rings is 4. The SMILES string of the molecule is Cc1ccc(/C=N/N(C(=O)c2cc3c(ccc4ccccc43)oc2=O)c2nc3ccc(C)cc3s2)cc1. The number of amides is 1. The molecule has 0 saturated carbocycles. The van der Waals surface area contributed by atoms with Gasteiger partial charge in [0.05, 0.1) is 16.4 Å². The van der Waals surface area contributed by atoms with E-state index in [0.29, 0.717) is 16.1 Å². The first-order chi connectivity index (χ1) is 18.0. The van der Waals surface area contributed by atoms with Crippen molar-refractivity contribution in [2.24, 2.45) is 5.10 Å². The number of anilines is 1. The van der Waals surface area contributed by atoms with Crippen molar-refractivity contribution in [3.63, 3.8) is 0 Å².